The molecule has 0 amide bonds. The molecule has 0 saturated heterocycles. The Kier molecular flexibility index (Phi) is 3.03. The minimum absolute atomic E-state index is 0.111. The molecule has 1 aromatic heterocycles. The molecule has 0 aliphatic heterocycles. The van der Waals surface area contributed by atoms with Crippen molar-refractivity contribution in [1.82, 2.24) is 4.98 Å². The summed E-state index contributed by atoms with van der Waals surface area (Å²) in [7, 11) is 0. The third-order valence-corrected chi connectivity index (χ3v) is 1.98. The lowest BCUT2D eigenvalue weighted by molar-refractivity contribution is 0.149. The summed E-state index contributed by atoms with van der Waals surface area (Å²) >= 11 is 5.45. The van der Waals surface area contributed by atoms with Crippen LogP contribution >= 0.6 is 11.6 Å². The van der Waals surface area contributed by atoms with Gasteiger partial charge in [-0.2, -0.15) is 0 Å². The van der Waals surface area contributed by atoms with E-state index >= 15 is 0 Å². The number of pyridine rings is 1. The van der Waals surface area contributed by atoms with Crippen LogP contribution in [0.3, 0.4) is 0 Å². The highest BCUT2D eigenvalue weighted by molar-refractivity contribution is 6.16. The van der Waals surface area contributed by atoms with E-state index in [1.807, 2.05) is 0 Å². The van der Waals surface area contributed by atoms with Crippen molar-refractivity contribution in [3.8, 4) is 0 Å². The lowest BCUT2D eigenvalue weighted by Crippen LogP contribution is -2.16. The van der Waals surface area contributed by atoms with Crippen LogP contribution < -0.4 is 5.56 Å². The predicted molar refractivity (Wildman–Crippen MR) is 46.3 cm³/mol. The topological polar surface area (TPSA) is 32.9 Å². The Hall–Kier alpha value is -0.900. The van der Waals surface area contributed by atoms with Gasteiger partial charge in [0.15, 0.2) is 0 Å². The number of H-pyrrole nitrogens is 1. The molecular weight excluding hydrogens is 200 g/mol. The van der Waals surface area contributed by atoms with Crippen molar-refractivity contribution in [3.05, 3.63) is 33.2 Å². The Labute approximate surface area is 78.5 Å². The summed E-state index contributed by atoms with van der Waals surface area (Å²) < 4.78 is 24.5. The first kappa shape index (κ1) is 10.2. The summed E-state index contributed by atoms with van der Waals surface area (Å²) in [4.78, 5) is 13.3. The number of aryl methyl sites for hydroxylation is 1. The van der Waals surface area contributed by atoms with Gasteiger partial charge in [-0.1, -0.05) is 0 Å². The standard InChI is InChI=1S/C8H8ClF2NO/c1-4-2-5(3-9)12-8(13)6(4)7(10)11/h2,7H,3H2,1H3,(H,12,13). The normalized spacial score (nSPS) is 10.8. The molecule has 72 valence electrons. The van der Waals surface area contributed by atoms with Crippen molar-refractivity contribution in [2.24, 2.45) is 0 Å². The average Bonchev–Trinajstić information content (AvgIpc) is 2.02. The van der Waals surface area contributed by atoms with Gasteiger partial charge in [0, 0.05) is 5.69 Å². The smallest absolute Gasteiger partial charge is 0.269 e. The maximum Gasteiger partial charge on any atom is 0.269 e. The van der Waals surface area contributed by atoms with Gasteiger partial charge in [0.2, 0.25) is 0 Å². The molecule has 5 heteroatoms. The van der Waals surface area contributed by atoms with Crippen LogP contribution in [0.5, 0.6) is 0 Å². The molecule has 0 saturated carbocycles. The fraction of sp³-hybridized carbons (Fsp3) is 0.375. The van der Waals surface area contributed by atoms with E-state index in [1.165, 1.54) is 13.0 Å². The van der Waals surface area contributed by atoms with Crippen molar-refractivity contribution >= 4 is 11.6 Å². The lowest BCUT2D eigenvalue weighted by atomic mass is 10.1. The number of halogens is 3. The highest BCUT2D eigenvalue weighted by Gasteiger charge is 2.15. The number of alkyl halides is 3. The second-order valence-electron chi connectivity index (χ2n) is 2.65. The molecular formula is C8H8ClF2NO. The largest absolute Gasteiger partial charge is 0.325 e. The number of aromatic amines is 1. The van der Waals surface area contributed by atoms with E-state index in [1.54, 1.807) is 0 Å². The molecule has 0 unspecified atom stereocenters. The molecule has 2 nitrogen and oxygen atoms in total. The van der Waals surface area contributed by atoms with Crippen LogP contribution in [0.2, 0.25) is 0 Å². The van der Waals surface area contributed by atoms with Gasteiger partial charge in [0.05, 0.1) is 11.4 Å². The maximum absolute atomic E-state index is 12.3. The van der Waals surface area contributed by atoms with Gasteiger partial charge in [-0.15, -0.1) is 11.6 Å². The molecule has 13 heavy (non-hydrogen) atoms. The van der Waals surface area contributed by atoms with E-state index in [9.17, 15) is 13.6 Å². The first-order valence-corrected chi connectivity index (χ1v) is 4.16. The van der Waals surface area contributed by atoms with E-state index in [4.69, 9.17) is 11.6 Å². The van der Waals surface area contributed by atoms with E-state index in [0.29, 0.717) is 5.69 Å². The third-order valence-electron chi connectivity index (χ3n) is 1.70. The third kappa shape index (κ3) is 2.06. The Morgan fingerprint density at radius 1 is 1.62 bits per heavy atom. The van der Waals surface area contributed by atoms with Gasteiger partial charge in [-0.05, 0) is 18.6 Å². The zero-order chi connectivity index (χ0) is 10.0. The molecule has 0 aromatic carbocycles. The monoisotopic (exact) mass is 207 g/mol. The minimum Gasteiger partial charge on any atom is -0.325 e. The summed E-state index contributed by atoms with van der Waals surface area (Å²) in [5.41, 5.74) is -0.512. The highest BCUT2D eigenvalue weighted by atomic mass is 35.5. The zero-order valence-electron chi connectivity index (χ0n) is 6.90. The van der Waals surface area contributed by atoms with Gasteiger partial charge in [0.1, 0.15) is 0 Å². The Morgan fingerprint density at radius 3 is 2.62 bits per heavy atom. The minimum atomic E-state index is -2.74. The molecule has 1 aromatic rings. The van der Waals surface area contributed by atoms with Crippen LogP contribution in [0.15, 0.2) is 10.9 Å². The molecule has 1 rings (SSSR count). The second-order valence-corrected chi connectivity index (χ2v) is 2.92. The summed E-state index contributed by atoms with van der Waals surface area (Å²) in [6, 6.07) is 1.45. The van der Waals surface area contributed by atoms with Crippen LogP contribution in [-0.2, 0) is 5.88 Å². The van der Waals surface area contributed by atoms with E-state index in [-0.39, 0.29) is 11.4 Å². The SMILES string of the molecule is Cc1cc(CCl)[nH]c(=O)c1C(F)F. The zero-order valence-corrected chi connectivity index (χ0v) is 7.66. The van der Waals surface area contributed by atoms with Crippen LogP contribution in [0.4, 0.5) is 8.78 Å². The Morgan fingerprint density at radius 2 is 2.23 bits per heavy atom. The van der Waals surface area contributed by atoms with Crippen LogP contribution in [0.1, 0.15) is 23.2 Å². The van der Waals surface area contributed by atoms with Gasteiger partial charge < -0.3 is 4.98 Å². The highest BCUT2D eigenvalue weighted by Crippen LogP contribution is 2.18. The molecule has 1 heterocycles. The number of hydrogen-bond acceptors (Lipinski definition) is 1. The van der Waals surface area contributed by atoms with Crippen molar-refractivity contribution < 1.29 is 8.78 Å². The van der Waals surface area contributed by atoms with Gasteiger partial charge >= 0.3 is 0 Å². The number of nitrogens with one attached hydrogen (secondary N) is 1. The average molecular weight is 208 g/mol. The van der Waals surface area contributed by atoms with Crippen molar-refractivity contribution in [3.63, 3.8) is 0 Å². The van der Waals surface area contributed by atoms with E-state index in [0.717, 1.165) is 0 Å². The van der Waals surface area contributed by atoms with Crippen molar-refractivity contribution in [1.29, 1.82) is 0 Å². The Bertz CT molecular complexity index is 362. The predicted octanol–water partition coefficient (Wildman–Crippen LogP) is 2.36. The van der Waals surface area contributed by atoms with Crippen molar-refractivity contribution in [2.75, 3.05) is 0 Å². The number of rotatable bonds is 2. The molecule has 0 aliphatic rings. The quantitative estimate of drug-likeness (QED) is 0.742. The van der Waals surface area contributed by atoms with Crippen molar-refractivity contribution in [2.45, 2.75) is 19.2 Å². The maximum atomic E-state index is 12.3. The summed E-state index contributed by atoms with van der Waals surface area (Å²) in [6.45, 7) is 1.47. The molecule has 1 N–H and O–H groups in total. The number of hydrogen-bond donors (Lipinski definition) is 1. The molecule has 0 aliphatic carbocycles. The van der Waals surface area contributed by atoms with E-state index < -0.39 is 17.5 Å². The molecule has 0 fully saturated rings. The van der Waals surface area contributed by atoms with Gasteiger partial charge in [-0.25, -0.2) is 8.78 Å². The van der Waals surface area contributed by atoms with Gasteiger partial charge in [-0.3, -0.25) is 4.79 Å². The summed E-state index contributed by atoms with van der Waals surface area (Å²) in [5.74, 6) is 0.111. The molecule has 0 spiro atoms. The van der Waals surface area contributed by atoms with Crippen LogP contribution in [-0.4, -0.2) is 4.98 Å². The molecule has 0 atom stereocenters. The summed E-state index contributed by atoms with van der Waals surface area (Å²) in [6.07, 6.45) is -2.74. The molecule has 0 bridgehead atoms. The molecule has 0 radical (unpaired) electrons. The van der Waals surface area contributed by atoms with Crippen LogP contribution in [0, 0.1) is 6.92 Å². The van der Waals surface area contributed by atoms with E-state index in [2.05, 4.69) is 4.98 Å². The number of aromatic nitrogens is 1. The Balaban J connectivity index is 3.32. The lowest BCUT2D eigenvalue weighted by Gasteiger charge is -2.04. The fourth-order valence-electron chi connectivity index (χ4n) is 1.11. The fourth-order valence-corrected chi connectivity index (χ4v) is 1.25. The first-order chi connectivity index (χ1) is 6.06. The van der Waals surface area contributed by atoms with Crippen LogP contribution in [0.25, 0.3) is 0 Å². The van der Waals surface area contributed by atoms with Gasteiger partial charge in [0.25, 0.3) is 12.0 Å². The summed E-state index contributed by atoms with van der Waals surface area (Å²) in [5, 5.41) is 0. The second kappa shape index (κ2) is 3.87. The first-order valence-electron chi connectivity index (χ1n) is 3.63.